The second-order valence-electron chi connectivity index (χ2n) is 7.75. The molecule has 1 aliphatic heterocycles. The summed E-state index contributed by atoms with van der Waals surface area (Å²) in [6, 6.07) is 7.71. The van der Waals surface area contributed by atoms with Gasteiger partial charge in [0.25, 0.3) is 5.91 Å². The Morgan fingerprint density at radius 2 is 2.03 bits per heavy atom. The molecule has 1 heterocycles. The number of carbonyl (C=O) groups is 1. The molecular weight excluding hydrogens is 371 g/mol. The fourth-order valence-corrected chi connectivity index (χ4v) is 3.73. The minimum atomic E-state index is -0.725. The van der Waals surface area contributed by atoms with E-state index in [0.29, 0.717) is 12.2 Å². The minimum Gasteiger partial charge on any atom is -0.386 e. The molecule has 2 aliphatic rings. The minimum absolute atomic E-state index is 0.0305. The van der Waals surface area contributed by atoms with Gasteiger partial charge in [0.05, 0.1) is 23.2 Å². The van der Waals surface area contributed by atoms with Gasteiger partial charge >= 0.3 is 0 Å². The monoisotopic (exact) mass is 398 g/mol. The molecule has 2 fully saturated rings. The zero-order chi connectivity index (χ0) is 20.8. The first kappa shape index (κ1) is 20.8. The molecule has 0 radical (unpaired) electrons. The van der Waals surface area contributed by atoms with Crippen molar-refractivity contribution in [2.24, 2.45) is 28.3 Å². The fraction of sp³-hybridized carbons (Fsp3) is 0.476. The average molecular weight is 398 g/mol. The van der Waals surface area contributed by atoms with Crippen LogP contribution in [0.2, 0.25) is 0 Å². The Hall–Kier alpha value is -2.92. The van der Waals surface area contributed by atoms with Crippen LogP contribution in [0.25, 0.3) is 0 Å². The highest BCUT2D eigenvalue weighted by Gasteiger charge is 2.31. The molecule has 8 heteroatoms. The third kappa shape index (κ3) is 5.55. The summed E-state index contributed by atoms with van der Waals surface area (Å²) >= 11 is 0. The van der Waals surface area contributed by atoms with E-state index >= 15 is 0 Å². The standard InChI is InChI=1S/C21H27FN6O/c22-16-4-6-17(7-5-16)27-20(24)18(21(25)29)11-26-19-8-9-28(13-15(19)10-23)12-14-2-1-3-14/h4-7,11,14-15,19,26H,1-3,8-9,12-13H2,(H2,24,27)(H2,25,29)/b18-11+/t15-,19-/m1/s1. The van der Waals surface area contributed by atoms with E-state index in [1.807, 2.05) is 0 Å². The zero-order valence-electron chi connectivity index (χ0n) is 16.4. The van der Waals surface area contributed by atoms with Crippen LogP contribution >= 0.6 is 0 Å². The molecule has 2 atom stereocenters. The number of hydrogen-bond donors (Lipinski definition) is 3. The van der Waals surface area contributed by atoms with Crippen molar-refractivity contribution in [3.8, 4) is 6.07 Å². The van der Waals surface area contributed by atoms with E-state index in [2.05, 4.69) is 21.3 Å². The lowest BCUT2D eigenvalue weighted by atomic mass is 9.84. The number of nitriles is 1. The zero-order valence-corrected chi connectivity index (χ0v) is 16.4. The van der Waals surface area contributed by atoms with Crippen LogP contribution in [0.4, 0.5) is 10.1 Å². The van der Waals surface area contributed by atoms with Crippen molar-refractivity contribution >= 4 is 17.4 Å². The summed E-state index contributed by atoms with van der Waals surface area (Å²) in [6.45, 7) is 2.68. The third-order valence-corrected chi connectivity index (χ3v) is 5.66. The fourth-order valence-electron chi connectivity index (χ4n) is 3.73. The van der Waals surface area contributed by atoms with Crippen LogP contribution < -0.4 is 16.8 Å². The van der Waals surface area contributed by atoms with Gasteiger partial charge in [-0.2, -0.15) is 5.26 Å². The molecule has 7 nitrogen and oxygen atoms in total. The van der Waals surface area contributed by atoms with Crippen molar-refractivity contribution in [3.63, 3.8) is 0 Å². The van der Waals surface area contributed by atoms with E-state index in [4.69, 9.17) is 11.5 Å². The lowest BCUT2D eigenvalue weighted by molar-refractivity contribution is -0.114. The quantitative estimate of drug-likeness (QED) is 0.367. The lowest BCUT2D eigenvalue weighted by Gasteiger charge is -2.39. The Labute approximate surface area is 170 Å². The molecule has 0 spiro atoms. The Kier molecular flexibility index (Phi) is 6.83. The molecule has 29 heavy (non-hydrogen) atoms. The van der Waals surface area contributed by atoms with Gasteiger partial charge < -0.3 is 21.7 Å². The van der Waals surface area contributed by atoms with Crippen LogP contribution in [0, 0.1) is 29.0 Å². The number of nitrogens with two attached hydrogens (primary N) is 2. The van der Waals surface area contributed by atoms with Gasteiger partial charge in [0.15, 0.2) is 0 Å². The molecule has 1 aliphatic carbocycles. The highest BCUT2D eigenvalue weighted by Crippen LogP contribution is 2.29. The van der Waals surface area contributed by atoms with Crippen molar-refractivity contribution < 1.29 is 9.18 Å². The summed E-state index contributed by atoms with van der Waals surface area (Å²) in [7, 11) is 0. The number of piperidine rings is 1. The molecule has 1 aromatic rings. The first-order valence-corrected chi connectivity index (χ1v) is 9.94. The first-order chi connectivity index (χ1) is 14.0. The number of hydrogen-bond acceptors (Lipinski definition) is 5. The SMILES string of the molecule is N#C[C@@H]1CN(CC2CCC2)CC[C@H]1N/C=C(/C(N)=O)C(N)=Nc1ccc(F)cc1. The predicted molar refractivity (Wildman–Crippen MR) is 109 cm³/mol. The van der Waals surface area contributed by atoms with Gasteiger partial charge in [0, 0.05) is 31.9 Å². The molecule has 0 unspecified atom stereocenters. The number of aliphatic imine (C=N–C) groups is 1. The number of likely N-dealkylation sites (tertiary alicyclic amines) is 1. The number of halogens is 1. The number of carbonyl (C=O) groups excluding carboxylic acids is 1. The largest absolute Gasteiger partial charge is 0.386 e. The smallest absolute Gasteiger partial charge is 0.253 e. The van der Waals surface area contributed by atoms with Crippen molar-refractivity contribution in [1.29, 1.82) is 5.26 Å². The summed E-state index contributed by atoms with van der Waals surface area (Å²) in [5, 5.41) is 12.7. The van der Waals surface area contributed by atoms with E-state index in [9.17, 15) is 14.4 Å². The molecule has 0 bridgehead atoms. The summed E-state index contributed by atoms with van der Waals surface area (Å²) in [6.07, 6.45) is 6.12. The van der Waals surface area contributed by atoms with Crippen molar-refractivity contribution in [2.75, 3.05) is 19.6 Å². The number of amides is 1. The van der Waals surface area contributed by atoms with E-state index in [-0.39, 0.29) is 29.2 Å². The summed E-state index contributed by atoms with van der Waals surface area (Å²) in [5.41, 5.74) is 11.8. The van der Waals surface area contributed by atoms with Crippen molar-refractivity contribution in [1.82, 2.24) is 10.2 Å². The molecule has 1 aromatic carbocycles. The first-order valence-electron chi connectivity index (χ1n) is 9.94. The summed E-state index contributed by atoms with van der Waals surface area (Å²) in [5.74, 6) is -0.600. The molecule has 154 valence electrons. The molecule has 3 rings (SSSR count). The molecule has 5 N–H and O–H groups in total. The van der Waals surface area contributed by atoms with Gasteiger partial charge in [-0.3, -0.25) is 4.79 Å². The molecular formula is C21H27FN6O. The Morgan fingerprint density at radius 3 is 2.62 bits per heavy atom. The topological polar surface area (TPSA) is 121 Å². The van der Waals surface area contributed by atoms with E-state index in [0.717, 1.165) is 25.4 Å². The maximum absolute atomic E-state index is 13.0. The number of amidine groups is 1. The number of nitrogens with zero attached hydrogens (tertiary/aromatic N) is 3. The molecule has 1 saturated carbocycles. The second kappa shape index (κ2) is 9.52. The van der Waals surface area contributed by atoms with Crippen LogP contribution in [-0.2, 0) is 4.79 Å². The highest BCUT2D eigenvalue weighted by molar-refractivity contribution is 6.20. The van der Waals surface area contributed by atoms with Crippen LogP contribution in [0.1, 0.15) is 25.7 Å². The third-order valence-electron chi connectivity index (χ3n) is 5.66. The van der Waals surface area contributed by atoms with E-state index in [1.165, 1.54) is 49.7 Å². The van der Waals surface area contributed by atoms with Gasteiger partial charge in [-0.25, -0.2) is 9.38 Å². The van der Waals surface area contributed by atoms with Crippen LogP contribution in [0.15, 0.2) is 41.0 Å². The van der Waals surface area contributed by atoms with Gasteiger partial charge in [-0.1, -0.05) is 6.42 Å². The van der Waals surface area contributed by atoms with Gasteiger partial charge in [-0.15, -0.1) is 0 Å². The number of nitrogens with one attached hydrogen (secondary N) is 1. The van der Waals surface area contributed by atoms with Gasteiger partial charge in [0.1, 0.15) is 11.7 Å². The van der Waals surface area contributed by atoms with Crippen molar-refractivity contribution in [3.05, 3.63) is 41.9 Å². The molecule has 1 saturated heterocycles. The maximum Gasteiger partial charge on any atom is 0.253 e. The summed E-state index contributed by atoms with van der Waals surface area (Å²) < 4.78 is 13.0. The normalized spacial score (nSPS) is 23.9. The van der Waals surface area contributed by atoms with Crippen LogP contribution in [0.5, 0.6) is 0 Å². The number of rotatable bonds is 7. The van der Waals surface area contributed by atoms with Crippen LogP contribution in [-0.4, -0.2) is 42.3 Å². The highest BCUT2D eigenvalue weighted by atomic mass is 19.1. The molecule has 1 amide bonds. The Morgan fingerprint density at radius 1 is 1.31 bits per heavy atom. The van der Waals surface area contributed by atoms with Crippen molar-refractivity contribution in [2.45, 2.75) is 31.7 Å². The lowest BCUT2D eigenvalue weighted by Crippen LogP contribution is -2.49. The number of primary amides is 1. The summed E-state index contributed by atoms with van der Waals surface area (Å²) in [4.78, 5) is 18.3. The van der Waals surface area contributed by atoms with E-state index in [1.54, 1.807) is 0 Å². The van der Waals surface area contributed by atoms with Gasteiger partial charge in [0.2, 0.25) is 0 Å². The van der Waals surface area contributed by atoms with Crippen LogP contribution in [0.3, 0.4) is 0 Å². The van der Waals surface area contributed by atoms with Gasteiger partial charge in [-0.05, 0) is 49.4 Å². The Balaban J connectivity index is 1.65. The number of benzene rings is 1. The average Bonchev–Trinajstić information content (AvgIpc) is 2.67. The second-order valence-corrected chi connectivity index (χ2v) is 7.75. The molecule has 0 aromatic heterocycles. The van der Waals surface area contributed by atoms with E-state index < -0.39 is 5.91 Å². The predicted octanol–water partition coefficient (Wildman–Crippen LogP) is 1.79. The Bertz CT molecular complexity index is 825. The maximum atomic E-state index is 13.0.